The van der Waals surface area contributed by atoms with Crippen LogP contribution >= 0.6 is 0 Å². The molecule has 0 bridgehead atoms. The Morgan fingerprint density at radius 1 is 0.684 bits per heavy atom. The minimum Gasteiger partial charge on any atom is -0.313 e. The first-order chi connectivity index (χ1) is 17.8. The maximum Gasteiger partial charge on any atom is 0.265 e. The lowest BCUT2D eigenvalue weighted by molar-refractivity contribution is -0.249. The SMILES string of the molecule is CC1(C)CC(N2C(=O)c3ccc4c5c(ccc(c35)C2=O)C(=O)N(c2ccc(F)cc2)C4=O)CC(C)(C)N1O. The predicted molar refractivity (Wildman–Crippen MR) is 137 cm³/mol. The van der Waals surface area contributed by atoms with Gasteiger partial charge in [0.1, 0.15) is 5.82 Å². The van der Waals surface area contributed by atoms with Gasteiger partial charge in [0.15, 0.2) is 0 Å². The number of piperidine rings is 1. The molecule has 3 aromatic carbocycles. The van der Waals surface area contributed by atoms with E-state index in [1.54, 1.807) is 0 Å². The molecule has 8 nitrogen and oxygen atoms in total. The molecule has 1 N–H and O–H groups in total. The molecule has 0 spiro atoms. The van der Waals surface area contributed by atoms with Crippen molar-refractivity contribution in [2.24, 2.45) is 0 Å². The van der Waals surface area contributed by atoms with Gasteiger partial charge in [0.25, 0.3) is 23.6 Å². The van der Waals surface area contributed by atoms with Crippen LogP contribution in [-0.4, -0.2) is 55.9 Å². The second kappa shape index (κ2) is 7.78. The number of benzene rings is 3. The van der Waals surface area contributed by atoms with E-state index in [-0.39, 0.29) is 33.3 Å². The fourth-order valence-electron chi connectivity index (χ4n) is 6.45. The average Bonchev–Trinajstić information content (AvgIpc) is 2.85. The maximum absolute atomic E-state index is 13.8. The van der Waals surface area contributed by atoms with Gasteiger partial charge in [0.2, 0.25) is 0 Å². The molecule has 0 aromatic heterocycles. The summed E-state index contributed by atoms with van der Waals surface area (Å²) in [6, 6.07) is 10.6. The van der Waals surface area contributed by atoms with Crippen molar-refractivity contribution in [3.05, 3.63) is 76.6 Å². The van der Waals surface area contributed by atoms with Gasteiger partial charge in [0.05, 0.1) is 5.69 Å². The molecule has 9 heteroatoms. The van der Waals surface area contributed by atoms with Crippen LogP contribution in [0, 0.1) is 5.82 Å². The van der Waals surface area contributed by atoms with Crippen molar-refractivity contribution in [2.45, 2.75) is 57.7 Å². The van der Waals surface area contributed by atoms with Crippen molar-refractivity contribution in [1.29, 1.82) is 0 Å². The lowest BCUT2D eigenvalue weighted by Gasteiger charge is -2.53. The van der Waals surface area contributed by atoms with Crippen molar-refractivity contribution in [2.75, 3.05) is 4.90 Å². The van der Waals surface area contributed by atoms with Crippen molar-refractivity contribution in [3.63, 3.8) is 0 Å². The first-order valence-electron chi connectivity index (χ1n) is 12.4. The predicted octanol–water partition coefficient (Wildman–Crippen LogP) is 4.79. The van der Waals surface area contributed by atoms with Crippen molar-refractivity contribution >= 4 is 40.1 Å². The minimum atomic E-state index is -0.681. The number of halogens is 1. The van der Waals surface area contributed by atoms with Crippen LogP contribution in [0.25, 0.3) is 10.8 Å². The molecule has 0 radical (unpaired) electrons. The van der Waals surface area contributed by atoms with E-state index < -0.39 is 46.6 Å². The van der Waals surface area contributed by atoms with Gasteiger partial charge < -0.3 is 5.21 Å². The van der Waals surface area contributed by atoms with Gasteiger partial charge in [-0.15, -0.1) is 0 Å². The quantitative estimate of drug-likeness (QED) is 0.493. The molecule has 3 aliphatic rings. The summed E-state index contributed by atoms with van der Waals surface area (Å²) >= 11 is 0. The monoisotopic (exact) mass is 515 g/mol. The number of rotatable bonds is 2. The molecular formula is C29H26FN3O5. The van der Waals surface area contributed by atoms with Gasteiger partial charge in [-0.2, -0.15) is 5.06 Å². The zero-order valence-electron chi connectivity index (χ0n) is 21.4. The molecule has 0 aliphatic carbocycles. The van der Waals surface area contributed by atoms with Crippen LogP contribution in [0.1, 0.15) is 82.0 Å². The minimum absolute atomic E-state index is 0.189. The summed E-state index contributed by atoms with van der Waals surface area (Å²) in [6.07, 6.45) is 0.755. The molecule has 1 fully saturated rings. The number of amides is 4. The number of carbonyl (C=O) groups is 4. The topological polar surface area (TPSA) is 98.2 Å². The summed E-state index contributed by atoms with van der Waals surface area (Å²) in [5.74, 6) is -2.70. The van der Waals surface area contributed by atoms with Crippen LogP contribution in [0.5, 0.6) is 0 Å². The van der Waals surface area contributed by atoms with E-state index in [0.717, 1.165) is 4.90 Å². The highest BCUT2D eigenvalue weighted by Gasteiger charge is 2.50. The molecule has 3 aromatic rings. The smallest absolute Gasteiger partial charge is 0.265 e. The lowest BCUT2D eigenvalue weighted by atomic mass is 9.77. The Kier molecular flexibility index (Phi) is 4.99. The summed E-state index contributed by atoms with van der Waals surface area (Å²) in [5, 5.41) is 12.6. The molecule has 1 saturated heterocycles. The van der Waals surface area contributed by atoms with Crippen LogP contribution in [0.15, 0.2) is 48.5 Å². The largest absolute Gasteiger partial charge is 0.313 e. The second-order valence-electron chi connectivity index (χ2n) is 11.5. The lowest BCUT2D eigenvalue weighted by Crippen LogP contribution is -2.64. The van der Waals surface area contributed by atoms with E-state index in [4.69, 9.17) is 0 Å². The Morgan fingerprint density at radius 3 is 1.50 bits per heavy atom. The highest BCUT2D eigenvalue weighted by atomic mass is 19.1. The fourth-order valence-corrected chi connectivity index (χ4v) is 6.45. The normalized spacial score (nSPS) is 21.0. The van der Waals surface area contributed by atoms with Gasteiger partial charge in [0, 0.05) is 50.1 Å². The van der Waals surface area contributed by atoms with Crippen molar-refractivity contribution < 1.29 is 28.8 Å². The first-order valence-corrected chi connectivity index (χ1v) is 12.4. The highest BCUT2D eigenvalue weighted by Crippen LogP contribution is 2.43. The van der Waals surface area contributed by atoms with Gasteiger partial charge in [-0.05, 0) is 89.1 Å². The second-order valence-corrected chi connectivity index (χ2v) is 11.5. The number of anilines is 1. The first kappa shape index (κ1) is 24.4. The van der Waals surface area contributed by atoms with Crippen molar-refractivity contribution in [3.8, 4) is 0 Å². The summed E-state index contributed by atoms with van der Waals surface area (Å²) in [4.78, 5) is 56.9. The zero-order valence-corrected chi connectivity index (χ0v) is 21.4. The van der Waals surface area contributed by atoms with Crippen LogP contribution < -0.4 is 4.90 Å². The third-order valence-corrected chi connectivity index (χ3v) is 7.99. The van der Waals surface area contributed by atoms with E-state index in [9.17, 15) is 28.8 Å². The number of hydrogen-bond donors (Lipinski definition) is 1. The summed E-state index contributed by atoms with van der Waals surface area (Å²) in [6.45, 7) is 7.46. The van der Waals surface area contributed by atoms with E-state index in [0.29, 0.717) is 18.2 Å². The number of hydroxylamine groups is 2. The van der Waals surface area contributed by atoms with Crippen molar-refractivity contribution in [1.82, 2.24) is 9.96 Å². The van der Waals surface area contributed by atoms with Gasteiger partial charge in [-0.25, -0.2) is 9.29 Å². The third-order valence-electron chi connectivity index (χ3n) is 7.99. The summed E-state index contributed by atoms with van der Waals surface area (Å²) < 4.78 is 13.5. The van der Waals surface area contributed by atoms with Gasteiger partial charge in [-0.1, -0.05) is 0 Å². The molecule has 3 heterocycles. The Morgan fingerprint density at radius 2 is 1.08 bits per heavy atom. The Hall–Kier alpha value is -3.95. The highest BCUT2D eigenvalue weighted by molar-refractivity contribution is 6.39. The van der Waals surface area contributed by atoms with Crippen LogP contribution in [0.3, 0.4) is 0 Å². The number of carbonyl (C=O) groups excluding carboxylic acids is 4. The Labute approximate surface area is 218 Å². The zero-order chi connectivity index (χ0) is 27.3. The molecule has 194 valence electrons. The molecule has 0 unspecified atom stereocenters. The standard InChI is InChI=1S/C29H26FN3O5/c1-28(2)13-17(14-29(3,4)33(28)38)32-26(36)20-11-9-18-22-19(10-12-21(23(20)22)27(32)37)25(35)31(24(18)34)16-7-5-15(30)6-8-16/h5-12,17,38H,13-14H2,1-4H3. The molecule has 0 atom stereocenters. The fraction of sp³-hybridized carbons (Fsp3) is 0.310. The third kappa shape index (κ3) is 3.21. The van der Waals surface area contributed by atoms with Gasteiger partial charge in [-0.3, -0.25) is 24.1 Å². The summed E-state index contributed by atoms with van der Waals surface area (Å²) in [7, 11) is 0. The number of hydrogen-bond acceptors (Lipinski definition) is 6. The average molecular weight is 516 g/mol. The van der Waals surface area contributed by atoms with Crippen LogP contribution in [-0.2, 0) is 0 Å². The van der Waals surface area contributed by atoms with E-state index in [1.165, 1.54) is 58.5 Å². The Balaban J connectivity index is 1.48. The molecule has 6 rings (SSSR count). The molecule has 38 heavy (non-hydrogen) atoms. The van der Waals surface area contributed by atoms with E-state index in [2.05, 4.69) is 0 Å². The molecule has 4 amide bonds. The molecule has 0 saturated carbocycles. The van der Waals surface area contributed by atoms with Crippen LogP contribution in [0.2, 0.25) is 0 Å². The maximum atomic E-state index is 13.8. The Bertz CT molecular complexity index is 1510. The number of nitrogens with zero attached hydrogens (tertiary/aromatic N) is 3. The van der Waals surface area contributed by atoms with E-state index in [1.807, 2.05) is 27.7 Å². The molecule has 3 aliphatic heterocycles. The van der Waals surface area contributed by atoms with Crippen LogP contribution in [0.4, 0.5) is 10.1 Å². The molecular weight excluding hydrogens is 489 g/mol. The summed E-state index contributed by atoms with van der Waals surface area (Å²) in [5.41, 5.74) is -0.265. The van der Waals surface area contributed by atoms with Gasteiger partial charge >= 0.3 is 0 Å². The number of imide groups is 2. The van der Waals surface area contributed by atoms with E-state index >= 15 is 0 Å².